The van der Waals surface area contributed by atoms with Gasteiger partial charge in [-0.15, -0.1) is 0 Å². The zero-order valence-electron chi connectivity index (χ0n) is 8.21. The molecule has 1 saturated heterocycles. The highest BCUT2D eigenvalue weighted by atomic mass is 16.8. The molecule has 0 saturated carbocycles. The average molecular weight is 172 g/mol. The van der Waals surface area contributed by atoms with Gasteiger partial charge in [0.2, 0.25) is 0 Å². The minimum absolute atomic E-state index is 0.141. The van der Waals surface area contributed by atoms with Crippen LogP contribution in [0.5, 0.6) is 0 Å². The predicted molar refractivity (Wildman–Crippen MR) is 49.0 cm³/mol. The van der Waals surface area contributed by atoms with Crippen molar-refractivity contribution in [3.8, 4) is 0 Å². The fourth-order valence-corrected chi connectivity index (χ4v) is 1.31. The molecule has 12 heavy (non-hydrogen) atoms. The highest BCUT2D eigenvalue weighted by Crippen LogP contribution is 2.28. The lowest BCUT2D eigenvalue weighted by molar-refractivity contribution is 0.0507. The maximum absolute atomic E-state index is 5.42. The van der Waals surface area contributed by atoms with Crippen LogP contribution in [-0.2, 0) is 9.47 Å². The molecular weight excluding hydrogens is 152 g/mol. The fraction of sp³-hybridized carbons (Fsp3) is 1.00. The van der Waals surface area contributed by atoms with Gasteiger partial charge in [0, 0.05) is 6.61 Å². The molecule has 2 unspecified atom stereocenters. The zero-order chi connectivity index (χ0) is 8.81. The number of rotatable bonds is 7. The van der Waals surface area contributed by atoms with Crippen LogP contribution in [0.25, 0.3) is 0 Å². The van der Waals surface area contributed by atoms with Crippen LogP contribution in [0.15, 0.2) is 0 Å². The topological polar surface area (TPSA) is 21.8 Å². The second kappa shape index (κ2) is 5.55. The SMILES string of the molecule is CCCCCC1OC1OCCC. The maximum atomic E-state index is 5.42. The van der Waals surface area contributed by atoms with Gasteiger partial charge in [0.25, 0.3) is 0 Å². The van der Waals surface area contributed by atoms with E-state index in [0.29, 0.717) is 6.10 Å². The molecule has 0 radical (unpaired) electrons. The summed E-state index contributed by atoms with van der Waals surface area (Å²) in [7, 11) is 0. The Bertz CT molecular complexity index is 114. The van der Waals surface area contributed by atoms with Gasteiger partial charge in [0.05, 0.1) is 0 Å². The van der Waals surface area contributed by atoms with Gasteiger partial charge in [-0.1, -0.05) is 33.1 Å². The van der Waals surface area contributed by atoms with Crippen molar-refractivity contribution in [2.45, 2.75) is 58.3 Å². The molecule has 1 heterocycles. The fourth-order valence-electron chi connectivity index (χ4n) is 1.31. The van der Waals surface area contributed by atoms with Crippen LogP contribution in [0, 0.1) is 0 Å². The summed E-state index contributed by atoms with van der Waals surface area (Å²) in [6, 6.07) is 0. The molecule has 0 amide bonds. The summed E-state index contributed by atoms with van der Waals surface area (Å²) in [6.07, 6.45) is 6.72. The highest BCUT2D eigenvalue weighted by molar-refractivity contribution is 4.76. The maximum Gasteiger partial charge on any atom is 0.184 e. The first kappa shape index (κ1) is 10.0. The van der Waals surface area contributed by atoms with Crippen molar-refractivity contribution < 1.29 is 9.47 Å². The van der Waals surface area contributed by atoms with Gasteiger partial charge in [0.15, 0.2) is 6.29 Å². The van der Waals surface area contributed by atoms with Gasteiger partial charge in [-0.25, -0.2) is 0 Å². The molecule has 1 rings (SSSR count). The Morgan fingerprint density at radius 3 is 2.67 bits per heavy atom. The third-order valence-electron chi connectivity index (χ3n) is 2.11. The van der Waals surface area contributed by atoms with Crippen LogP contribution in [-0.4, -0.2) is 19.0 Å². The summed E-state index contributed by atoms with van der Waals surface area (Å²) in [5.41, 5.74) is 0. The van der Waals surface area contributed by atoms with Crippen LogP contribution < -0.4 is 0 Å². The van der Waals surface area contributed by atoms with Crippen molar-refractivity contribution in [3.63, 3.8) is 0 Å². The lowest BCUT2D eigenvalue weighted by Crippen LogP contribution is -2.00. The van der Waals surface area contributed by atoms with E-state index in [1.807, 2.05) is 0 Å². The van der Waals surface area contributed by atoms with Crippen LogP contribution in [0.3, 0.4) is 0 Å². The molecule has 72 valence electrons. The highest BCUT2D eigenvalue weighted by Gasteiger charge is 2.38. The Labute approximate surface area is 75.2 Å². The Morgan fingerprint density at radius 2 is 2.00 bits per heavy atom. The Balaban J connectivity index is 1.86. The molecule has 2 nitrogen and oxygen atoms in total. The Kier molecular flexibility index (Phi) is 4.62. The van der Waals surface area contributed by atoms with Crippen LogP contribution in [0.4, 0.5) is 0 Å². The lowest BCUT2D eigenvalue weighted by Gasteiger charge is -1.96. The number of epoxide rings is 1. The second-order valence-electron chi connectivity index (χ2n) is 3.41. The summed E-state index contributed by atoms with van der Waals surface area (Å²) >= 11 is 0. The van der Waals surface area contributed by atoms with Crippen LogP contribution in [0.1, 0.15) is 46.0 Å². The average Bonchev–Trinajstić information content (AvgIpc) is 2.81. The van der Waals surface area contributed by atoms with Gasteiger partial charge < -0.3 is 9.47 Å². The lowest BCUT2D eigenvalue weighted by atomic mass is 10.2. The molecule has 0 aliphatic carbocycles. The third kappa shape index (κ3) is 3.55. The molecule has 1 fully saturated rings. The van der Waals surface area contributed by atoms with Gasteiger partial charge in [-0.05, 0) is 12.8 Å². The van der Waals surface area contributed by atoms with E-state index in [4.69, 9.17) is 9.47 Å². The van der Waals surface area contributed by atoms with E-state index in [1.165, 1.54) is 25.7 Å². The minimum atomic E-state index is 0.141. The van der Waals surface area contributed by atoms with Gasteiger partial charge in [-0.2, -0.15) is 0 Å². The summed E-state index contributed by atoms with van der Waals surface area (Å²) in [6.45, 7) is 5.18. The first-order valence-corrected chi connectivity index (χ1v) is 5.15. The molecular formula is C10H20O2. The third-order valence-corrected chi connectivity index (χ3v) is 2.11. The van der Waals surface area contributed by atoms with E-state index in [-0.39, 0.29) is 6.29 Å². The van der Waals surface area contributed by atoms with E-state index < -0.39 is 0 Å². The van der Waals surface area contributed by atoms with Crippen molar-refractivity contribution in [2.24, 2.45) is 0 Å². The van der Waals surface area contributed by atoms with E-state index >= 15 is 0 Å². The molecule has 0 aromatic carbocycles. The Hall–Kier alpha value is -0.0800. The minimum Gasteiger partial charge on any atom is -0.350 e. The molecule has 1 aliphatic rings. The first-order valence-electron chi connectivity index (χ1n) is 5.15. The van der Waals surface area contributed by atoms with Crippen LogP contribution in [0.2, 0.25) is 0 Å². The first-order chi connectivity index (χ1) is 5.88. The normalized spacial score (nSPS) is 27.5. The summed E-state index contributed by atoms with van der Waals surface area (Å²) in [5.74, 6) is 0. The van der Waals surface area contributed by atoms with Crippen molar-refractivity contribution >= 4 is 0 Å². The van der Waals surface area contributed by atoms with Crippen LogP contribution >= 0.6 is 0 Å². The standard InChI is InChI=1S/C10H20O2/c1-3-5-6-7-9-10(12-9)11-8-4-2/h9-10H,3-8H2,1-2H3. The van der Waals surface area contributed by atoms with Gasteiger partial charge in [-0.3, -0.25) is 0 Å². The monoisotopic (exact) mass is 172 g/mol. The molecule has 0 bridgehead atoms. The number of hydrogen-bond donors (Lipinski definition) is 0. The smallest absolute Gasteiger partial charge is 0.184 e. The summed E-state index contributed by atoms with van der Waals surface area (Å²) < 4.78 is 10.8. The number of unbranched alkanes of at least 4 members (excludes halogenated alkanes) is 2. The molecule has 0 aromatic rings. The number of hydrogen-bond acceptors (Lipinski definition) is 2. The summed E-state index contributed by atoms with van der Waals surface area (Å²) in [5, 5.41) is 0. The quantitative estimate of drug-likeness (QED) is 0.435. The molecule has 2 heteroatoms. The molecule has 2 atom stereocenters. The van der Waals surface area contributed by atoms with Crippen molar-refractivity contribution in [1.82, 2.24) is 0 Å². The van der Waals surface area contributed by atoms with Crippen molar-refractivity contribution in [2.75, 3.05) is 6.61 Å². The van der Waals surface area contributed by atoms with Crippen molar-refractivity contribution in [1.29, 1.82) is 0 Å². The van der Waals surface area contributed by atoms with Gasteiger partial charge >= 0.3 is 0 Å². The van der Waals surface area contributed by atoms with E-state index in [0.717, 1.165) is 13.0 Å². The van der Waals surface area contributed by atoms with E-state index in [2.05, 4.69) is 13.8 Å². The Morgan fingerprint density at radius 1 is 1.17 bits per heavy atom. The van der Waals surface area contributed by atoms with E-state index in [1.54, 1.807) is 0 Å². The zero-order valence-corrected chi connectivity index (χ0v) is 8.21. The number of ether oxygens (including phenoxy) is 2. The second-order valence-corrected chi connectivity index (χ2v) is 3.41. The molecule has 0 aromatic heterocycles. The van der Waals surface area contributed by atoms with Gasteiger partial charge in [0.1, 0.15) is 6.10 Å². The van der Waals surface area contributed by atoms with Crippen molar-refractivity contribution in [3.05, 3.63) is 0 Å². The predicted octanol–water partition coefficient (Wildman–Crippen LogP) is 2.72. The molecule has 0 spiro atoms. The molecule has 1 aliphatic heterocycles. The van der Waals surface area contributed by atoms with E-state index in [9.17, 15) is 0 Å². The summed E-state index contributed by atoms with van der Waals surface area (Å²) in [4.78, 5) is 0. The largest absolute Gasteiger partial charge is 0.350 e. The molecule has 0 N–H and O–H groups in total.